The van der Waals surface area contributed by atoms with Crippen LogP contribution < -0.4 is 10.1 Å². The van der Waals surface area contributed by atoms with Crippen LogP contribution in [0.15, 0.2) is 47.4 Å². The van der Waals surface area contributed by atoms with Crippen LogP contribution in [0.2, 0.25) is 0 Å². The van der Waals surface area contributed by atoms with E-state index in [1.165, 1.54) is 29.6 Å². The molecule has 0 aliphatic carbocycles. The average molecular weight is 392 g/mol. The smallest absolute Gasteiger partial charge is 0.335 e. The van der Waals surface area contributed by atoms with Crippen molar-refractivity contribution < 1.29 is 23.1 Å². The van der Waals surface area contributed by atoms with Crippen LogP contribution in [0.1, 0.15) is 29.8 Å². The van der Waals surface area contributed by atoms with Gasteiger partial charge in [-0.3, -0.25) is 0 Å². The molecular weight excluding hydrogens is 368 g/mol. The number of anilines is 1. The Morgan fingerprint density at radius 2 is 1.74 bits per heavy atom. The standard InChI is InChI=1S/C19H24N2O5S/c1-4-21(5-2)27(24,25)16-10-11-18(26-3)17(12-16)20-13-14-6-8-15(9-7-14)19(22)23/h6-12,20H,4-5,13H2,1-3H3,(H,22,23). The third-order valence-electron chi connectivity index (χ3n) is 4.20. The zero-order valence-corrected chi connectivity index (χ0v) is 16.4. The molecule has 0 radical (unpaired) electrons. The minimum atomic E-state index is -3.57. The zero-order valence-electron chi connectivity index (χ0n) is 15.6. The second-order valence-corrected chi connectivity index (χ2v) is 7.74. The highest BCUT2D eigenvalue weighted by Crippen LogP contribution is 2.29. The monoisotopic (exact) mass is 392 g/mol. The molecule has 7 nitrogen and oxygen atoms in total. The zero-order chi connectivity index (χ0) is 20.0. The predicted molar refractivity (Wildman–Crippen MR) is 104 cm³/mol. The van der Waals surface area contributed by atoms with E-state index in [4.69, 9.17) is 9.84 Å². The number of benzene rings is 2. The summed E-state index contributed by atoms with van der Waals surface area (Å²) >= 11 is 0. The molecule has 0 saturated heterocycles. The molecule has 0 atom stereocenters. The minimum absolute atomic E-state index is 0.190. The van der Waals surface area contributed by atoms with Crippen LogP contribution in [-0.4, -0.2) is 44.0 Å². The highest BCUT2D eigenvalue weighted by molar-refractivity contribution is 7.89. The average Bonchev–Trinajstić information content (AvgIpc) is 2.67. The number of methoxy groups -OCH3 is 1. The van der Waals surface area contributed by atoms with Crippen molar-refractivity contribution in [2.75, 3.05) is 25.5 Å². The fourth-order valence-corrected chi connectivity index (χ4v) is 4.15. The molecule has 0 heterocycles. The molecule has 0 unspecified atom stereocenters. The molecule has 0 aromatic heterocycles. The van der Waals surface area contributed by atoms with E-state index >= 15 is 0 Å². The molecule has 0 aliphatic rings. The quantitative estimate of drug-likeness (QED) is 0.681. The summed E-state index contributed by atoms with van der Waals surface area (Å²) in [7, 11) is -2.06. The summed E-state index contributed by atoms with van der Waals surface area (Å²) in [6.07, 6.45) is 0. The first-order chi connectivity index (χ1) is 12.8. The van der Waals surface area contributed by atoms with E-state index in [2.05, 4.69) is 5.32 Å². The van der Waals surface area contributed by atoms with Gasteiger partial charge in [-0.1, -0.05) is 26.0 Å². The minimum Gasteiger partial charge on any atom is -0.495 e. The number of rotatable bonds is 9. The van der Waals surface area contributed by atoms with Crippen molar-refractivity contribution in [2.45, 2.75) is 25.3 Å². The Morgan fingerprint density at radius 1 is 1.11 bits per heavy atom. The van der Waals surface area contributed by atoms with Gasteiger partial charge in [0, 0.05) is 19.6 Å². The van der Waals surface area contributed by atoms with Gasteiger partial charge in [0.2, 0.25) is 10.0 Å². The highest BCUT2D eigenvalue weighted by Gasteiger charge is 2.22. The molecule has 2 aromatic carbocycles. The van der Waals surface area contributed by atoms with E-state index in [0.29, 0.717) is 31.1 Å². The molecule has 2 rings (SSSR count). The lowest BCUT2D eigenvalue weighted by atomic mass is 10.1. The van der Waals surface area contributed by atoms with Crippen LogP contribution in [0.4, 0.5) is 5.69 Å². The van der Waals surface area contributed by atoms with E-state index in [-0.39, 0.29) is 10.5 Å². The molecule has 0 amide bonds. The predicted octanol–water partition coefficient (Wildman–Crippen LogP) is 3.04. The van der Waals surface area contributed by atoms with Crippen LogP contribution >= 0.6 is 0 Å². The van der Waals surface area contributed by atoms with Crippen LogP contribution in [0.25, 0.3) is 0 Å². The van der Waals surface area contributed by atoms with Crippen LogP contribution in [0.5, 0.6) is 5.75 Å². The molecule has 146 valence electrons. The lowest BCUT2D eigenvalue weighted by Gasteiger charge is -2.20. The third-order valence-corrected chi connectivity index (χ3v) is 6.24. The maximum absolute atomic E-state index is 12.7. The number of carboxylic acids is 1. The first-order valence-corrected chi connectivity index (χ1v) is 10.0. The van der Waals surface area contributed by atoms with E-state index in [1.54, 1.807) is 38.1 Å². The van der Waals surface area contributed by atoms with Gasteiger partial charge in [0.1, 0.15) is 5.75 Å². The summed E-state index contributed by atoms with van der Waals surface area (Å²) < 4.78 is 32.2. The molecule has 2 N–H and O–H groups in total. The second-order valence-electron chi connectivity index (χ2n) is 5.81. The first kappa shape index (κ1) is 20.7. The lowest BCUT2D eigenvalue weighted by Crippen LogP contribution is -2.30. The molecule has 8 heteroatoms. The number of hydrogen-bond donors (Lipinski definition) is 2. The number of sulfonamides is 1. The van der Waals surface area contributed by atoms with Gasteiger partial charge in [0.25, 0.3) is 0 Å². The molecular formula is C19H24N2O5S. The van der Waals surface area contributed by atoms with Crippen molar-refractivity contribution >= 4 is 21.7 Å². The summed E-state index contributed by atoms with van der Waals surface area (Å²) in [5.74, 6) is -0.457. The molecule has 0 fully saturated rings. The fourth-order valence-electron chi connectivity index (χ4n) is 2.66. The maximum atomic E-state index is 12.7. The molecule has 2 aromatic rings. The van der Waals surface area contributed by atoms with Crippen LogP contribution in [-0.2, 0) is 16.6 Å². The Morgan fingerprint density at radius 3 is 2.26 bits per heavy atom. The molecule has 0 aliphatic heterocycles. The summed E-state index contributed by atoms with van der Waals surface area (Å²) in [5.41, 5.74) is 1.62. The van der Waals surface area contributed by atoms with Crippen molar-refractivity contribution in [3.8, 4) is 5.75 Å². The van der Waals surface area contributed by atoms with Crippen LogP contribution in [0, 0.1) is 0 Å². The highest BCUT2D eigenvalue weighted by atomic mass is 32.2. The fraction of sp³-hybridized carbons (Fsp3) is 0.316. The Kier molecular flexibility index (Phi) is 6.81. The number of nitrogens with one attached hydrogen (secondary N) is 1. The molecule has 0 saturated carbocycles. The molecule has 27 heavy (non-hydrogen) atoms. The third kappa shape index (κ3) is 4.78. The number of carbonyl (C=O) groups is 1. The Bertz CT molecular complexity index is 891. The molecule has 0 bridgehead atoms. The Labute approximate surface area is 159 Å². The lowest BCUT2D eigenvalue weighted by molar-refractivity contribution is 0.0697. The van der Waals surface area contributed by atoms with E-state index < -0.39 is 16.0 Å². The largest absolute Gasteiger partial charge is 0.495 e. The first-order valence-electron chi connectivity index (χ1n) is 8.57. The number of aromatic carboxylic acids is 1. The summed E-state index contributed by atoms with van der Waals surface area (Å²) in [5, 5.41) is 12.1. The van der Waals surface area contributed by atoms with Gasteiger partial charge < -0.3 is 15.2 Å². The SMILES string of the molecule is CCN(CC)S(=O)(=O)c1ccc(OC)c(NCc2ccc(C(=O)O)cc2)c1. The van der Waals surface area contributed by atoms with E-state index in [1.807, 2.05) is 0 Å². The Balaban J connectivity index is 2.26. The summed E-state index contributed by atoms with van der Waals surface area (Å²) in [6.45, 7) is 4.77. The van der Waals surface area contributed by atoms with Crippen molar-refractivity contribution in [1.82, 2.24) is 4.31 Å². The van der Waals surface area contributed by atoms with E-state index in [9.17, 15) is 13.2 Å². The molecule has 0 spiro atoms. The van der Waals surface area contributed by atoms with Crippen molar-refractivity contribution in [1.29, 1.82) is 0 Å². The maximum Gasteiger partial charge on any atom is 0.335 e. The number of carboxylic acid groups (broad SMARTS) is 1. The Hall–Kier alpha value is -2.58. The van der Waals surface area contributed by atoms with Crippen molar-refractivity contribution in [3.63, 3.8) is 0 Å². The van der Waals surface area contributed by atoms with Crippen molar-refractivity contribution in [3.05, 3.63) is 53.6 Å². The van der Waals surface area contributed by atoms with Gasteiger partial charge in [-0.05, 0) is 35.9 Å². The number of nitrogens with zero attached hydrogens (tertiary/aromatic N) is 1. The van der Waals surface area contributed by atoms with Gasteiger partial charge in [-0.15, -0.1) is 0 Å². The summed E-state index contributed by atoms with van der Waals surface area (Å²) in [6, 6.07) is 11.2. The van der Waals surface area contributed by atoms with Gasteiger partial charge in [-0.2, -0.15) is 4.31 Å². The normalized spacial score (nSPS) is 11.4. The van der Waals surface area contributed by atoms with Gasteiger partial charge in [0.15, 0.2) is 0 Å². The van der Waals surface area contributed by atoms with Crippen LogP contribution in [0.3, 0.4) is 0 Å². The topological polar surface area (TPSA) is 95.9 Å². The second kappa shape index (κ2) is 8.88. The summed E-state index contributed by atoms with van der Waals surface area (Å²) in [4.78, 5) is 11.1. The van der Waals surface area contributed by atoms with Gasteiger partial charge in [-0.25, -0.2) is 13.2 Å². The number of ether oxygens (including phenoxy) is 1. The van der Waals surface area contributed by atoms with Crippen molar-refractivity contribution in [2.24, 2.45) is 0 Å². The van der Waals surface area contributed by atoms with E-state index in [0.717, 1.165) is 5.56 Å². The van der Waals surface area contributed by atoms with Gasteiger partial charge >= 0.3 is 5.97 Å². The van der Waals surface area contributed by atoms with Gasteiger partial charge in [0.05, 0.1) is 23.3 Å². The number of hydrogen-bond acceptors (Lipinski definition) is 5.